The third-order valence-electron chi connectivity index (χ3n) is 4.17. The minimum Gasteiger partial charge on any atom is -0.479 e. The van der Waals surface area contributed by atoms with Crippen molar-refractivity contribution in [2.24, 2.45) is 11.1 Å². The van der Waals surface area contributed by atoms with Crippen molar-refractivity contribution in [1.82, 2.24) is 4.90 Å². The number of piperidine rings is 1. The topological polar surface area (TPSA) is 55.6 Å². The van der Waals surface area contributed by atoms with Crippen molar-refractivity contribution in [2.75, 3.05) is 13.1 Å². The molecule has 0 bridgehead atoms. The smallest absolute Gasteiger partial charge is 0.263 e. The number of hydrogen-bond acceptors (Lipinski definition) is 3. The number of carbonyl (C=O) groups is 1. The number of nitrogens with two attached hydrogens (primary N) is 1. The zero-order valence-electron chi connectivity index (χ0n) is 13.5. The molecule has 0 spiro atoms. The summed E-state index contributed by atoms with van der Waals surface area (Å²) in [6, 6.07) is 3.93. The van der Waals surface area contributed by atoms with Crippen molar-refractivity contribution < 1.29 is 13.9 Å². The normalized spacial score (nSPS) is 21.3. The fraction of sp³-hybridized carbons (Fsp3) is 0.562. The lowest BCUT2D eigenvalue weighted by atomic mass is 9.79. The number of halogens is 3. The molecule has 2 N–H and O–H groups in total. The van der Waals surface area contributed by atoms with E-state index in [1.807, 2.05) is 0 Å². The number of benzene rings is 1. The van der Waals surface area contributed by atoms with Crippen molar-refractivity contribution in [2.45, 2.75) is 39.3 Å². The Bertz CT molecular complexity index is 569. The van der Waals surface area contributed by atoms with Gasteiger partial charge in [0.2, 0.25) is 0 Å². The molecule has 1 aromatic rings. The number of carbonyl (C=O) groups excluding carboxylic acids is 1. The van der Waals surface area contributed by atoms with E-state index in [1.54, 1.807) is 11.8 Å². The second-order valence-corrected chi connectivity index (χ2v) is 6.89. The maximum atomic E-state index is 13.0. The molecule has 1 aromatic carbocycles. The Kier molecular flexibility index (Phi) is 6.69. The first-order chi connectivity index (χ1) is 10.2. The molecule has 1 heterocycles. The highest BCUT2D eigenvalue weighted by Crippen LogP contribution is 2.29. The number of nitrogens with zero attached hydrogens (tertiary/aromatic N) is 1. The van der Waals surface area contributed by atoms with E-state index in [4.69, 9.17) is 22.1 Å². The summed E-state index contributed by atoms with van der Waals surface area (Å²) < 4.78 is 18.6. The Morgan fingerprint density at radius 2 is 2.17 bits per heavy atom. The van der Waals surface area contributed by atoms with Crippen LogP contribution in [0.15, 0.2) is 18.2 Å². The fourth-order valence-electron chi connectivity index (χ4n) is 2.63. The van der Waals surface area contributed by atoms with Gasteiger partial charge >= 0.3 is 0 Å². The molecule has 1 amide bonds. The molecule has 2 atom stereocenters. The Morgan fingerprint density at radius 1 is 1.52 bits per heavy atom. The predicted molar refractivity (Wildman–Crippen MR) is 91.7 cm³/mol. The minimum absolute atomic E-state index is 0. The largest absolute Gasteiger partial charge is 0.479 e. The van der Waals surface area contributed by atoms with Gasteiger partial charge in [0.05, 0.1) is 5.02 Å². The molecular formula is C16H23Cl2FN2O2. The Morgan fingerprint density at radius 3 is 2.74 bits per heavy atom. The van der Waals surface area contributed by atoms with E-state index in [-0.39, 0.29) is 34.8 Å². The van der Waals surface area contributed by atoms with Gasteiger partial charge in [-0.3, -0.25) is 4.79 Å². The van der Waals surface area contributed by atoms with Crippen LogP contribution >= 0.6 is 24.0 Å². The average molecular weight is 365 g/mol. The molecule has 23 heavy (non-hydrogen) atoms. The summed E-state index contributed by atoms with van der Waals surface area (Å²) in [6.45, 7) is 6.99. The lowest BCUT2D eigenvalue weighted by Crippen LogP contribution is -2.56. The maximum Gasteiger partial charge on any atom is 0.263 e. The highest BCUT2D eigenvalue weighted by atomic mass is 35.5. The lowest BCUT2D eigenvalue weighted by molar-refractivity contribution is -0.141. The van der Waals surface area contributed by atoms with Gasteiger partial charge in [0, 0.05) is 19.1 Å². The SMILES string of the molecule is CC(Oc1ccc(F)cc1Cl)C(=O)N1CCC(N)C(C)(C)C1.Cl. The molecule has 2 unspecified atom stereocenters. The standard InChI is InChI=1S/C16H22ClFN2O2.ClH/c1-10(22-13-5-4-11(18)8-12(13)17)15(21)20-7-6-14(19)16(2,3)9-20;/h4-5,8,10,14H,6-7,9,19H2,1-3H3;1H. The minimum atomic E-state index is -0.687. The van der Waals surface area contributed by atoms with Gasteiger partial charge in [-0.15, -0.1) is 12.4 Å². The molecular weight excluding hydrogens is 342 g/mol. The summed E-state index contributed by atoms with van der Waals surface area (Å²) in [5.41, 5.74) is 5.96. The third-order valence-corrected chi connectivity index (χ3v) is 4.46. The van der Waals surface area contributed by atoms with Crippen molar-refractivity contribution in [3.05, 3.63) is 29.0 Å². The molecule has 0 saturated carbocycles. The van der Waals surface area contributed by atoms with Crippen molar-refractivity contribution in [3.63, 3.8) is 0 Å². The van der Waals surface area contributed by atoms with Crippen LogP contribution in [0.25, 0.3) is 0 Å². The molecule has 0 aliphatic carbocycles. The van der Waals surface area contributed by atoms with Crippen molar-refractivity contribution in [3.8, 4) is 5.75 Å². The van der Waals surface area contributed by atoms with E-state index < -0.39 is 11.9 Å². The van der Waals surface area contributed by atoms with Gasteiger partial charge in [0.1, 0.15) is 11.6 Å². The molecule has 0 radical (unpaired) electrons. The van der Waals surface area contributed by atoms with Gasteiger partial charge in [-0.05, 0) is 37.0 Å². The summed E-state index contributed by atoms with van der Waals surface area (Å²) in [7, 11) is 0. The number of hydrogen-bond donors (Lipinski definition) is 1. The van der Waals surface area contributed by atoms with Crippen LogP contribution < -0.4 is 10.5 Å². The maximum absolute atomic E-state index is 13.0. The summed E-state index contributed by atoms with van der Waals surface area (Å²) in [5.74, 6) is -0.250. The molecule has 1 saturated heterocycles. The number of amides is 1. The van der Waals surface area contributed by atoms with Crippen LogP contribution in [0.5, 0.6) is 5.75 Å². The van der Waals surface area contributed by atoms with Crippen LogP contribution in [-0.4, -0.2) is 36.0 Å². The van der Waals surface area contributed by atoms with Gasteiger partial charge in [0.15, 0.2) is 6.10 Å². The van der Waals surface area contributed by atoms with Crippen molar-refractivity contribution >= 4 is 29.9 Å². The van der Waals surface area contributed by atoms with E-state index in [0.29, 0.717) is 18.8 Å². The molecule has 1 aliphatic rings. The Labute approximate surface area is 147 Å². The van der Waals surface area contributed by atoms with E-state index in [2.05, 4.69) is 13.8 Å². The number of likely N-dealkylation sites (tertiary alicyclic amines) is 1. The van der Waals surface area contributed by atoms with E-state index in [1.165, 1.54) is 12.1 Å². The first-order valence-corrected chi connectivity index (χ1v) is 7.74. The van der Waals surface area contributed by atoms with E-state index >= 15 is 0 Å². The van der Waals surface area contributed by atoms with Gasteiger partial charge in [-0.1, -0.05) is 25.4 Å². The lowest BCUT2D eigenvalue weighted by Gasteiger charge is -2.43. The van der Waals surface area contributed by atoms with Gasteiger partial charge in [-0.2, -0.15) is 0 Å². The zero-order chi connectivity index (χ0) is 16.5. The van der Waals surface area contributed by atoms with Gasteiger partial charge < -0.3 is 15.4 Å². The van der Waals surface area contributed by atoms with Crippen molar-refractivity contribution in [1.29, 1.82) is 0 Å². The molecule has 1 aliphatic heterocycles. The molecule has 0 aromatic heterocycles. The number of ether oxygens (including phenoxy) is 1. The van der Waals surface area contributed by atoms with Gasteiger partial charge in [0.25, 0.3) is 5.91 Å². The molecule has 130 valence electrons. The fourth-order valence-corrected chi connectivity index (χ4v) is 2.84. The second kappa shape index (κ2) is 7.69. The second-order valence-electron chi connectivity index (χ2n) is 6.48. The average Bonchev–Trinajstić information content (AvgIpc) is 2.44. The summed E-state index contributed by atoms with van der Waals surface area (Å²) in [5, 5.41) is 0.153. The molecule has 1 fully saturated rings. The Hall–Kier alpha value is -1.04. The third kappa shape index (κ3) is 4.72. The van der Waals surface area contributed by atoms with E-state index in [9.17, 15) is 9.18 Å². The highest BCUT2D eigenvalue weighted by molar-refractivity contribution is 6.32. The summed E-state index contributed by atoms with van der Waals surface area (Å²) in [6.07, 6.45) is 0.0797. The van der Waals surface area contributed by atoms with Crippen LogP contribution in [0.1, 0.15) is 27.2 Å². The highest BCUT2D eigenvalue weighted by Gasteiger charge is 2.36. The zero-order valence-corrected chi connectivity index (χ0v) is 15.1. The van der Waals surface area contributed by atoms with Gasteiger partial charge in [-0.25, -0.2) is 4.39 Å². The molecule has 7 heteroatoms. The quantitative estimate of drug-likeness (QED) is 0.895. The predicted octanol–water partition coefficient (Wildman–Crippen LogP) is 3.25. The molecule has 2 rings (SSSR count). The first kappa shape index (κ1) is 20.0. The number of rotatable bonds is 3. The van der Waals surface area contributed by atoms with Crippen LogP contribution in [0.4, 0.5) is 4.39 Å². The van der Waals surface area contributed by atoms with Crippen LogP contribution in [0.2, 0.25) is 5.02 Å². The first-order valence-electron chi connectivity index (χ1n) is 7.37. The monoisotopic (exact) mass is 364 g/mol. The van der Waals surface area contributed by atoms with Crippen LogP contribution in [0.3, 0.4) is 0 Å². The molecule has 4 nitrogen and oxygen atoms in total. The van der Waals surface area contributed by atoms with Crippen LogP contribution in [0, 0.1) is 11.2 Å². The van der Waals surface area contributed by atoms with E-state index in [0.717, 1.165) is 12.5 Å². The Balaban J connectivity index is 0.00000264. The summed E-state index contributed by atoms with van der Waals surface area (Å²) in [4.78, 5) is 14.3. The summed E-state index contributed by atoms with van der Waals surface area (Å²) >= 11 is 5.92. The van der Waals surface area contributed by atoms with Crippen LogP contribution in [-0.2, 0) is 4.79 Å².